The second kappa shape index (κ2) is 16.0. The van der Waals surface area contributed by atoms with Crippen LogP contribution in [0, 0.1) is 33.9 Å². The number of rotatable bonds is 9. The van der Waals surface area contributed by atoms with Crippen LogP contribution in [0.2, 0.25) is 5.02 Å². The molecule has 1 unspecified atom stereocenters. The van der Waals surface area contributed by atoms with Crippen molar-refractivity contribution in [1.29, 1.82) is 5.26 Å². The molecule has 3 aromatic rings. The van der Waals surface area contributed by atoms with Gasteiger partial charge in [0.2, 0.25) is 11.8 Å². The number of hydrogen-bond acceptors (Lipinski definition) is 10. The van der Waals surface area contributed by atoms with E-state index in [-0.39, 0.29) is 41.4 Å². The van der Waals surface area contributed by atoms with Gasteiger partial charge in [-0.1, -0.05) is 39.3 Å². The Morgan fingerprint density at radius 1 is 1.02 bits per heavy atom. The Balaban J connectivity index is 0.835. The van der Waals surface area contributed by atoms with Crippen molar-refractivity contribution < 1.29 is 32.4 Å². The zero-order valence-corrected chi connectivity index (χ0v) is 35.1. The van der Waals surface area contributed by atoms with Crippen molar-refractivity contribution in [3.63, 3.8) is 0 Å². The van der Waals surface area contributed by atoms with Crippen molar-refractivity contribution in [2.24, 2.45) is 16.7 Å². The summed E-state index contributed by atoms with van der Waals surface area (Å²) in [6, 6.07) is 11.8. The van der Waals surface area contributed by atoms with Crippen LogP contribution in [0.5, 0.6) is 5.75 Å². The van der Waals surface area contributed by atoms with Crippen LogP contribution in [0.25, 0.3) is 0 Å². The molecule has 1 N–H and O–H groups in total. The Kier molecular flexibility index (Phi) is 10.0. The van der Waals surface area contributed by atoms with Crippen molar-refractivity contribution >= 4 is 46.7 Å². The van der Waals surface area contributed by atoms with Gasteiger partial charge in [-0.25, -0.2) is 9.37 Å². The topological polar surface area (TPSA) is 142 Å². The lowest BCUT2D eigenvalue weighted by molar-refractivity contribution is -0.195. The van der Waals surface area contributed by atoms with Crippen molar-refractivity contribution in [1.82, 2.24) is 25.0 Å². The molecule has 5 heterocycles. The maximum absolute atomic E-state index is 15.5. The fourth-order valence-electron chi connectivity index (χ4n) is 10.5. The summed E-state index contributed by atoms with van der Waals surface area (Å²) in [6.45, 7) is 10.3. The third-order valence-electron chi connectivity index (χ3n) is 13.3. The summed E-state index contributed by atoms with van der Waals surface area (Å²) in [5.74, 6) is -0.718. The number of carbonyl (C=O) groups is 4. The van der Waals surface area contributed by atoms with Crippen LogP contribution in [-0.2, 0) is 16.1 Å². The summed E-state index contributed by atoms with van der Waals surface area (Å²) in [4.78, 5) is 65.1. The molecular weight excluding hydrogens is 787 g/mol. The molecule has 15 heteroatoms. The summed E-state index contributed by atoms with van der Waals surface area (Å²) < 4.78 is 47.2. The average Bonchev–Trinajstić information content (AvgIpc) is 3.55. The Labute approximate surface area is 359 Å². The first-order chi connectivity index (χ1) is 29.8. The largest absolute Gasteiger partial charge is 0.489 e. The normalized spacial score (nSPS) is 25.0. The lowest BCUT2D eigenvalue weighted by atomic mass is 9.49. The summed E-state index contributed by atoms with van der Waals surface area (Å²) in [5, 5.41) is 11.8. The molecule has 4 aliphatic heterocycles. The number of nitriles is 1. The molecule has 0 bridgehead atoms. The van der Waals surface area contributed by atoms with E-state index in [1.54, 1.807) is 36.4 Å². The Morgan fingerprint density at radius 3 is 2.38 bits per heavy atom. The van der Waals surface area contributed by atoms with E-state index in [2.05, 4.69) is 20.1 Å². The first kappa shape index (κ1) is 37.7. The second-order valence-corrected chi connectivity index (χ2v) is 18.4. The molecule has 3 saturated heterocycles. The molecule has 13 nitrogen and oxygen atoms in total. The molecule has 1 aromatic heterocycles. The van der Waals surface area contributed by atoms with Gasteiger partial charge in [0.05, 0.1) is 21.8 Å². The van der Waals surface area contributed by atoms with Crippen LogP contribution in [0.3, 0.4) is 0 Å². The van der Waals surface area contributed by atoms with Gasteiger partial charge in [0.1, 0.15) is 35.6 Å². The van der Waals surface area contributed by atoms with E-state index in [1.165, 1.54) is 17.2 Å². The highest BCUT2D eigenvalue weighted by Gasteiger charge is 2.65. The minimum absolute atomic E-state index is 0.156. The van der Waals surface area contributed by atoms with E-state index < -0.39 is 59.5 Å². The number of ether oxygens (including phenoxy) is 1. The molecule has 4 fully saturated rings. The number of halogens is 2. The second-order valence-electron chi connectivity index (χ2n) is 18.0. The predicted octanol–water partition coefficient (Wildman–Crippen LogP) is 5.50. The molecular formula is C45H52ClFN8O5. The Morgan fingerprint density at radius 2 is 1.75 bits per heavy atom. The minimum atomic E-state index is -2.74. The highest BCUT2D eigenvalue weighted by Crippen LogP contribution is 2.58. The molecule has 0 spiro atoms. The Hall–Kier alpha value is -5.26. The number of anilines is 2. The molecule has 8 rings (SSSR count). The summed E-state index contributed by atoms with van der Waals surface area (Å²) in [7, 11) is 0. The number of aromatic nitrogens is 1. The van der Waals surface area contributed by atoms with Crippen LogP contribution in [0.15, 0.2) is 48.7 Å². The van der Waals surface area contributed by atoms with Crippen molar-refractivity contribution in [2.75, 3.05) is 62.6 Å². The number of amides is 4. The Bertz CT molecular complexity index is 2340. The van der Waals surface area contributed by atoms with E-state index in [0.717, 1.165) is 56.3 Å². The van der Waals surface area contributed by atoms with Crippen LogP contribution in [0.4, 0.5) is 15.9 Å². The van der Waals surface area contributed by atoms with E-state index in [1.807, 2.05) is 38.7 Å². The average molecular weight is 842 g/mol. The minimum Gasteiger partial charge on any atom is -0.489 e. The lowest BCUT2D eigenvalue weighted by Gasteiger charge is -2.65. The molecule has 316 valence electrons. The quantitative estimate of drug-likeness (QED) is 0.275. The van der Waals surface area contributed by atoms with Crippen LogP contribution in [-0.4, -0.2) is 114 Å². The summed E-state index contributed by atoms with van der Waals surface area (Å²) in [5.41, 5.74) is 0.351. The number of piperazine rings is 1. The zero-order chi connectivity index (χ0) is 45.2. The number of piperidine rings is 2. The number of nitrogens with zero attached hydrogens (tertiary/aromatic N) is 7. The zero-order valence-electron chi connectivity index (χ0n) is 37.3. The molecule has 4 amide bonds. The van der Waals surface area contributed by atoms with Gasteiger partial charge in [-0.15, -0.1) is 0 Å². The van der Waals surface area contributed by atoms with Gasteiger partial charge in [-0.3, -0.25) is 29.4 Å². The standard InChI is InChI=1S/C45H52ClFN8O5/c1-44(2)42(45(3,4)43(44)60-31-8-6-28(23-48)33(46)21-31)51(5)40(58)29-7-10-37(49-24-29)54-14-12-27(13-15-54)25-52-16-18-53(19-17-52)36-20-30-26-55(41(59)32(30)22-34(36)47)35-9-11-38(56)50-39(35)57/h6-8,10,20-22,24,27,35,42-43H,9,11-19,25-26H2,1-5H3,(H,50,56,57)/i5D3. The number of hydrogen-bond donors (Lipinski definition) is 1. The molecule has 2 aromatic carbocycles. The summed E-state index contributed by atoms with van der Waals surface area (Å²) >= 11 is 6.26. The van der Waals surface area contributed by atoms with E-state index in [0.29, 0.717) is 41.6 Å². The number of carbonyl (C=O) groups excluding carboxylic acids is 4. The maximum Gasteiger partial charge on any atom is 0.255 e. The van der Waals surface area contributed by atoms with Gasteiger partial charge < -0.3 is 24.3 Å². The highest BCUT2D eigenvalue weighted by molar-refractivity contribution is 6.31. The predicted molar refractivity (Wildman–Crippen MR) is 224 cm³/mol. The number of benzene rings is 2. The maximum atomic E-state index is 15.5. The fourth-order valence-corrected chi connectivity index (χ4v) is 10.7. The lowest BCUT2D eigenvalue weighted by Crippen LogP contribution is -2.74. The fraction of sp³-hybridized carbons (Fsp3) is 0.511. The van der Waals surface area contributed by atoms with Crippen molar-refractivity contribution in [3.8, 4) is 11.8 Å². The number of fused-ring (bicyclic) bond motifs is 1. The van der Waals surface area contributed by atoms with Gasteiger partial charge in [0.25, 0.3) is 11.8 Å². The van der Waals surface area contributed by atoms with Crippen molar-refractivity contribution in [2.45, 2.75) is 78.1 Å². The van der Waals surface area contributed by atoms with Gasteiger partial charge in [0.15, 0.2) is 0 Å². The third-order valence-corrected chi connectivity index (χ3v) is 13.6. The van der Waals surface area contributed by atoms with E-state index >= 15 is 4.39 Å². The SMILES string of the molecule is [2H]C([2H])([2H])N(C(=O)c1ccc(N2CCC(CN3CCN(c4cc5c(cc4F)C(=O)N(C4CCC(=O)NC4=O)C5)CC3)CC2)nc1)C1C(C)(C)C(Oc2ccc(C#N)c(Cl)c2)C1(C)C. The van der Waals surface area contributed by atoms with Gasteiger partial charge in [-0.2, -0.15) is 5.26 Å². The summed E-state index contributed by atoms with van der Waals surface area (Å²) in [6.07, 6.45) is 3.28. The van der Waals surface area contributed by atoms with Crippen LogP contribution >= 0.6 is 11.6 Å². The van der Waals surface area contributed by atoms with E-state index in [9.17, 15) is 24.4 Å². The molecule has 0 radical (unpaired) electrons. The smallest absolute Gasteiger partial charge is 0.255 e. The molecule has 1 aliphatic carbocycles. The van der Waals surface area contributed by atoms with E-state index in [4.69, 9.17) is 20.5 Å². The monoisotopic (exact) mass is 841 g/mol. The molecule has 60 heavy (non-hydrogen) atoms. The van der Waals surface area contributed by atoms with Gasteiger partial charge in [0, 0.05) is 105 Å². The molecule has 1 saturated carbocycles. The first-order valence-corrected chi connectivity index (χ1v) is 21.0. The van der Waals surface area contributed by atoms with Crippen molar-refractivity contribution in [3.05, 3.63) is 81.8 Å². The van der Waals surface area contributed by atoms with Crippen LogP contribution < -0.4 is 19.9 Å². The third kappa shape index (κ3) is 7.55. The van der Waals surface area contributed by atoms with Gasteiger partial charge in [-0.05, 0) is 67.1 Å². The molecule has 5 aliphatic rings. The number of pyridine rings is 1. The first-order valence-electron chi connectivity index (χ1n) is 22.1. The highest BCUT2D eigenvalue weighted by atomic mass is 35.5. The van der Waals surface area contributed by atoms with Gasteiger partial charge >= 0.3 is 0 Å². The molecule has 1 atom stereocenters. The van der Waals surface area contributed by atoms with Crippen LogP contribution in [0.1, 0.15) is 89.3 Å². The number of nitrogens with one attached hydrogen (secondary N) is 1. The number of imide groups is 1.